The molecule has 82 valence electrons. The second kappa shape index (κ2) is 8.45. The van der Waals surface area contributed by atoms with E-state index in [2.05, 4.69) is 36.9 Å². The summed E-state index contributed by atoms with van der Waals surface area (Å²) in [6.45, 7) is 4.61. The van der Waals surface area contributed by atoms with Gasteiger partial charge < -0.3 is 4.74 Å². The van der Waals surface area contributed by atoms with Gasteiger partial charge in [-0.1, -0.05) is 41.6 Å². The van der Waals surface area contributed by atoms with Crippen LogP contribution < -0.4 is 5.19 Å². The van der Waals surface area contributed by atoms with E-state index in [1.54, 1.807) is 0 Å². The molecule has 2 heteroatoms. The van der Waals surface area contributed by atoms with Gasteiger partial charge in [-0.15, -0.1) is 6.58 Å². The van der Waals surface area contributed by atoms with Crippen LogP contribution in [0.2, 0.25) is 0 Å². The summed E-state index contributed by atoms with van der Waals surface area (Å²) in [5, 5.41) is 1.49. The van der Waals surface area contributed by atoms with Crippen molar-refractivity contribution in [3.05, 3.63) is 43.0 Å². The molecule has 1 aromatic rings. The highest BCUT2D eigenvalue weighted by molar-refractivity contribution is 6.53. The Bertz CT molecular complexity index is 258. The first-order valence-corrected chi connectivity index (χ1v) is 7.37. The predicted molar refractivity (Wildman–Crippen MR) is 69.5 cm³/mol. The fourth-order valence-corrected chi connectivity index (χ4v) is 2.62. The summed E-state index contributed by atoms with van der Waals surface area (Å²) in [6.07, 6.45) is 6.42. The zero-order valence-corrected chi connectivity index (χ0v) is 10.7. The highest BCUT2D eigenvalue weighted by Crippen LogP contribution is 1.95. The van der Waals surface area contributed by atoms with Crippen molar-refractivity contribution < 1.29 is 4.74 Å². The van der Waals surface area contributed by atoms with E-state index < -0.39 is 0 Å². The standard InChI is InChI=1S/C13H20OSi/c1-2-3-4-8-11-14-12-15-13-9-6-5-7-10-13/h2,5-7,9-10H,1,3-4,8,11-12,15H2. The van der Waals surface area contributed by atoms with Gasteiger partial charge in [0.05, 0.1) is 9.52 Å². The van der Waals surface area contributed by atoms with Crippen LogP contribution in [-0.2, 0) is 4.74 Å². The van der Waals surface area contributed by atoms with E-state index in [1.807, 2.05) is 6.08 Å². The van der Waals surface area contributed by atoms with Crippen LogP contribution in [0.4, 0.5) is 0 Å². The monoisotopic (exact) mass is 220 g/mol. The summed E-state index contributed by atoms with van der Waals surface area (Å²) in [5.41, 5.74) is 0. The highest BCUT2D eigenvalue weighted by Gasteiger charge is 1.93. The molecule has 0 saturated heterocycles. The van der Waals surface area contributed by atoms with Crippen LogP contribution >= 0.6 is 0 Å². The third kappa shape index (κ3) is 6.26. The lowest BCUT2D eigenvalue weighted by Crippen LogP contribution is -2.19. The fourth-order valence-electron chi connectivity index (χ4n) is 1.43. The molecular weight excluding hydrogens is 200 g/mol. The van der Waals surface area contributed by atoms with Gasteiger partial charge in [0.2, 0.25) is 0 Å². The Labute approximate surface area is 95.0 Å². The Hall–Kier alpha value is -0.863. The molecule has 0 aliphatic heterocycles. The van der Waals surface area contributed by atoms with Gasteiger partial charge in [0.15, 0.2) is 0 Å². The third-order valence-corrected chi connectivity index (χ3v) is 3.87. The molecule has 0 amide bonds. The molecule has 0 aliphatic carbocycles. The Morgan fingerprint density at radius 2 is 2.00 bits per heavy atom. The van der Waals surface area contributed by atoms with Gasteiger partial charge >= 0.3 is 0 Å². The number of unbranched alkanes of at least 4 members (excludes halogenated alkanes) is 2. The zero-order valence-electron chi connectivity index (χ0n) is 9.32. The van der Waals surface area contributed by atoms with Gasteiger partial charge in [0.25, 0.3) is 0 Å². The molecule has 0 radical (unpaired) electrons. The molecular formula is C13H20OSi. The summed E-state index contributed by atoms with van der Waals surface area (Å²) in [7, 11) is -0.193. The molecule has 0 aromatic heterocycles. The molecule has 0 aliphatic rings. The van der Waals surface area contributed by atoms with Gasteiger partial charge in [-0.2, -0.15) is 0 Å². The molecule has 1 nitrogen and oxygen atoms in total. The average molecular weight is 220 g/mol. The van der Waals surface area contributed by atoms with Crippen molar-refractivity contribution in [3.63, 3.8) is 0 Å². The first-order valence-electron chi connectivity index (χ1n) is 5.66. The van der Waals surface area contributed by atoms with Crippen LogP contribution in [0.1, 0.15) is 19.3 Å². The van der Waals surface area contributed by atoms with Crippen molar-refractivity contribution in [2.75, 3.05) is 12.8 Å². The number of rotatable bonds is 8. The van der Waals surface area contributed by atoms with Crippen molar-refractivity contribution in [1.82, 2.24) is 0 Å². The minimum absolute atomic E-state index is 0.193. The van der Waals surface area contributed by atoms with E-state index in [9.17, 15) is 0 Å². The van der Waals surface area contributed by atoms with Crippen molar-refractivity contribution in [2.24, 2.45) is 0 Å². The van der Waals surface area contributed by atoms with Gasteiger partial charge in [-0.05, 0) is 19.3 Å². The molecule has 1 rings (SSSR count). The van der Waals surface area contributed by atoms with Crippen LogP contribution in [0.5, 0.6) is 0 Å². The predicted octanol–water partition coefficient (Wildman–Crippen LogP) is 1.81. The van der Waals surface area contributed by atoms with E-state index in [-0.39, 0.29) is 9.52 Å². The third-order valence-electron chi connectivity index (χ3n) is 2.32. The second-order valence-electron chi connectivity index (χ2n) is 3.63. The van der Waals surface area contributed by atoms with Gasteiger partial charge in [0.1, 0.15) is 0 Å². The lowest BCUT2D eigenvalue weighted by Gasteiger charge is -2.03. The molecule has 0 unspecified atom stereocenters. The normalized spacial score (nSPS) is 10.9. The first-order chi connectivity index (χ1) is 7.43. The van der Waals surface area contributed by atoms with Crippen LogP contribution in [0.25, 0.3) is 0 Å². The topological polar surface area (TPSA) is 9.23 Å². The largest absolute Gasteiger partial charge is 0.385 e. The van der Waals surface area contributed by atoms with Crippen molar-refractivity contribution in [2.45, 2.75) is 19.3 Å². The lowest BCUT2D eigenvalue weighted by molar-refractivity contribution is 0.173. The maximum Gasteiger partial charge on any atom is 0.0848 e. The number of hydrogen-bond donors (Lipinski definition) is 0. The highest BCUT2D eigenvalue weighted by atomic mass is 28.2. The first kappa shape index (κ1) is 12.2. The van der Waals surface area contributed by atoms with E-state index in [1.165, 1.54) is 11.6 Å². The summed E-state index contributed by atoms with van der Waals surface area (Å²) >= 11 is 0. The van der Waals surface area contributed by atoms with E-state index >= 15 is 0 Å². The maximum absolute atomic E-state index is 5.61. The smallest absolute Gasteiger partial charge is 0.0848 e. The number of benzene rings is 1. The molecule has 0 N–H and O–H groups in total. The second-order valence-corrected chi connectivity index (χ2v) is 5.36. The van der Waals surface area contributed by atoms with Crippen LogP contribution in [-0.4, -0.2) is 22.4 Å². The van der Waals surface area contributed by atoms with Crippen molar-refractivity contribution in [3.8, 4) is 0 Å². The van der Waals surface area contributed by atoms with Crippen molar-refractivity contribution in [1.29, 1.82) is 0 Å². The summed E-state index contributed by atoms with van der Waals surface area (Å²) in [5.74, 6) is 0. The van der Waals surface area contributed by atoms with Crippen LogP contribution in [0.3, 0.4) is 0 Å². The Kier molecular flexibility index (Phi) is 6.87. The minimum atomic E-state index is -0.193. The zero-order chi connectivity index (χ0) is 10.8. The molecule has 15 heavy (non-hydrogen) atoms. The summed E-state index contributed by atoms with van der Waals surface area (Å²) in [4.78, 5) is 0. The molecule has 0 fully saturated rings. The Balaban J connectivity index is 1.95. The quantitative estimate of drug-likeness (QED) is 0.369. The van der Waals surface area contributed by atoms with Crippen LogP contribution in [0, 0.1) is 0 Å². The van der Waals surface area contributed by atoms with Gasteiger partial charge in [0, 0.05) is 12.8 Å². The van der Waals surface area contributed by atoms with Gasteiger partial charge in [-0.3, -0.25) is 0 Å². The van der Waals surface area contributed by atoms with Gasteiger partial charge in [-0.25, -0.2) is 0 Å². The Morgan fingerprint density at radius 1 is 1.20 bits per heavy atom. The summed E-state index contributed by atoms with van der Waals surface area (Å²) < 4.78 is 5.61. The molecule has 0 atom stereocenters. The number of ether oxygens (including phenoxy) is 1. The number of allylic oxidation sites excluding steroid dienone is 1. The van der Waals surface area contributed by atoms with E-state index in [0.717, 1.165) is 25.7 Å². The molecule has 0 saturated carbocycles. The molecule has 0 bridgehead atoms. The van der Waals surface area contributed by atoms with E-state index in [4.69, 9.17) is 4.74 Å². The van der Waals surface area contributed by atoms with Crippen molar-refractivity contribution >= 4 is 14.7 Å². The fraction of sp³-hybridized carbons (Fsp3) is 0.385. The van der Waals surface area contributed by atoms with Crippen LogP contribution in [0.15, 0.2) is 43.0 Å². The maximum atomic E-state index is 5.61. The molecule has 0 spiro atoms. The lowest BCUT2D eigenvalue weighted by atomic mass is 10.2. The Morgan fingerprint density at radius 3 is 2.73 bits per heavy atom. The summed E-state index contributed by atoms with van der Waals surface area (Å²) in [6, 6.07) is 10.7. The number of hydrogen-bond acceptors (Lipinski definition) is 1. The molecule has 0 heterocycles. The SMILES string of the molecule is C=CCCCCOC[SiH2]c1ccccc1. The average Bonchev–Trinajstić information content (AvgIpc) is 2.29. The molecule has 1 aromatic carbocycles. The van der Waals surface area contributed by atoms with E-state index in [0.29, 0.717) is 0 Å². The minimum Gasteiger partial charge on any atom is -0.385 e.